The van der Waals surface area contributed by atoms with Crippen LogP contribution in [0.25, 0.3) is 10.9 Å². The van der Waals surface area contributed by atoms with Gasteiger partial charge in [-0.15, -0.1) is 0 Å². The van der Waals surface area contributed by atoms with E-state index in [-0.39, 0.29) is 11.5 Å². The highest BCUT2D eigenvalue weighted by molar-refractivity contribution is 5.95. The highest BCUT2D eigenvalue weighted by atomic mass is 16.1. The Morgan fingerprint density at radius 1 is 1.09 bits per heavy atom. The molecule has 0 spiro atoms. The van der Waals surface area contributed by atoms with Crippen molar-refractivity contribution in [1.29, 1.82) is 0 Å². The Balaban J connectivity index is 1.83. The molecule has 116 valence electrons. The molecule has 1 amide bonds. The topological polar surface area (TPSA) is 62.0 Å². The molecule has 2 N–H and O–H groups in total. The Kier molecular flexibility index (Phi) is 4.24. The average Bonchev–Trinajstić information content (AvgIpc) is 2.54. The molecule has 3 aromatic rings. The number of fused-ring (bicyclic) bond motifs is 1. The first-order chi connectivity index (χ1) is 11.2. The minimum atomic E-state index is -0.123. The summed E-state index contributed by atoms with van der Waals surface area (Å²) in [5.74, 6) is -0.0791. The maximum Gasteiger partial charge on any atom is 0.248 e. The Morgan fingerprint density at radius 2 is 1.87 bits per heavy atom. The Hall–Kier alpha value is -2.88. The summed E-state index contributed by atoms with van der Waals surface area (Å²) >= 11 is 0. The lowest BCUT2D eigenvalue weighted by Gasteiger charge is -2.08. The van der Waals surface area contributed by atoms with Gasteiger partial charge in [0.2, 0.25) is 11.5 Å². The molecule has 1 aromatic heterocycles. The van der Waals surface area contributed by atoms with Gasteiger partial charge in [0.1, 0.15) is 0 Å². The van der Waals surface area contributed by atoms with Crippen molar-refractivity contribution in [2.75, 3.05) is 5.32 Å². The molecule has 4 nitrogen and oxygen atoms in total. The van der Waals surface area contributed by atoms with E-state index in [1.165, 1.54) is 0 Å². The summed E-state index contributed by atoms with van der Waals surface area (Å²) in [6.07, 6.45) is 1.12. The van der Waals surface area contributed by atoms with Crippen molar-refractivity contribution in [3.63, 3.8) is 0 Å². The van der Waals surface area contributed by atoms with Gasteiger partial charge in [0.05, 0.1) is 11.9 Å². The molecule has 23 heavy (non-hydrogen) atoms. The predicted molar refractivity (Wildman–Crippen MR) is 92.7 cm³/mol. The van der Waals surface area contributed by atoms with Crippen LogP contribution in [-0.2, 0) is 17.6 Å². The standard InChI is InChI=1S/C19H18N2O2/c1-2-14-11-19(23)21-17-12-15(8-9-16(14)17)20-18(22)10-13-6-4-3-5-7-13/h3-9,11-12H,2,10H2,1H3,(H,20,22)(H,21,23). The highest BCUT2D eigenvalue weighted by Crippen LogP contribution is 2.20. The minimum Gasteiger partial charge on any atom is -0.326 e. The van der Waals surface area contributed by atoms with Gasteiger partial charge in [-0.1, -0.05) is 43.3 Å². The molecule has 2 aromatic carbocycles. The van der Waals surface area contributed by atoms with E-state index >= 15 is 0 Å². The maximum atomic E-state index is 12.1. The van der Waals surface area contributed by atoms with Crippen LogP contribution in [0.1, 0.15) is 18.1 Å². The number of benzene rings is 2. The largest absolute Gasteiger partial charge is 0.326 e. The van der Waals surface area contributed by atoms with E-state index in [4.69, 9.17) is 0 Å². The number of H-pyrrole nitrogens is 1. The quantitative estimate of drug-likeness (QED) is 0.777. The van der Waals surface area contributed by atoms with E-state index < -0.39 is 0 Å². The number of amides is 1. The van der Waals surface area contributed by atoms with Crippen molar-refractivity contribution < 1.29 is 4.79 Å². The van der Waals surface area contributed by atoms with Crippen LogP contribution < -0.4 is 10.9 Å². The fourth-order valence-electron chi connectivity index (χ4n) is 2.69. The molecule has 0 bridgehead atoms. The van der Waals surface area contributed by atoms with Crippen LogP contribution in [0.2, 0.25) is 0 Å². The van der Waals surface area contributed by atoms with Gasteiger partial charge in [0, 0.05) is 17.1 Å². The van der Waals surface area contributed by atoms with Gasteiger partial charge in [-0.3, -0.25) is 9.59 Å². The number of nitrogens with one attached hydrogen (secondary N) is 2. The van der Waals surface area contributed by atoms with E-state index in [0.717, 1.165) is 28.5 Å². The molecular weight excluding hydrogens is 288 g/mol. The predicted octanol–water partition coefficient (Wildman–Crippen LogP) is 3.27. The number of carbonyl (C=O) groups is 1. The van der Waals surface area contributed by atoms with Gasteiger partial charge in [0.25, 0.3) is 0 Å². The molecule has 0 aliphatic carbocycles. The van der Waals surface area contributed by atoms with Crippen molar-refractivity contribution in [1.82, 2.24) is 4.98 Å². The van der Waals surface area contributed by atoms with Crippen molar-refractivity contribution in [3.8, 4) is 0 Å². The summed E-state index contributed by atoms with van der Waals surface area (Å²) in [5.41, 5.74) is 3.27. The second-order valence-electron chi connectivity index (χ2n) is 5.48. The number of carbonyl (C=O) groups excluding carboxylic acids is 1. The van der Waals surface area contributed by atoms with Crippen LogP contribution in [-0.4, -0.2) is 10.9 Å². The molecule has 4 heteroatoms. The van der Waals surface area contributed by atoms with Gasteiger partial charge in [-0.2, -0.15) is 0 Å². The molecule has 0 saturated carbocycles. The van der Waals surface area contributed by atoms with Crippen LogP contribution in [0.15, 0.2) is 59.4 Å². The number of pyridine rings is 1. The van der Waals surface area contributed by atoms with Crippen LogP contribution in [0.4, 0.5) is 5.69 Å². The van der Waals surface area contributed by atoms with Gasteiger partial charge in [-0.25, -0.2) is 0 Å². The molecule has 0 aliphatic rings. The van der Waals surface area contributed by atoms with Gasteiger partial charge in [0.15, 0.2) is 0 Å². The smallest absolute Gasteiger partial charge is 0.248 e. The highest BCUT2D eigenvalue weighted by Gasteiger charge is 2.07. The molecule has 0 radical (unpaired) electrons. The lowest BCUT2D eigenvalue weighted by Crippen LogP contribution is -2.14. The summed E-state index contributed by atoms with van der Waals surface area (Å²) < 4.78 is 0. The number of aromatic amines is 1. The van der Waals surface area contributed by atoms with Crippen molar-refractivity contribution in [3.05, 3.63) is 76.1 Å². The van der Waals surface area contributed by atoms with Gasteiger partial charge < -0.3 is 10.3 Å². The summed E-state index contributed by atoms with van der Waals surface area (Å²) in [5, 5.41) is 3.89. The lowest BCUT2D eigenvalue weighted by atomic mass is 10.1. The summed E-state index contributed by atoms with van der Waals surface area (Å²) in [6, 6.07) is 16.8. The molecular formula is C19H18N2O2. The SMILES string of the molecule is CCc1cc(=O)[nH]c2cc(NC(=O)Cc3ccccc3)ccc12. The second-order valence-corrected chi connectivity index (χ2v) is 5.48. The van der Waals surface area contributed by atoms with E-state index in [1.54, 1.807) is 12.1 Å². The fraction of sp³-hybridized carbons (Fsp3) is 0.158. The van der Waals surface area contributed by atoms with Crippen LogP contribution in [0.3, 0.4) is 0 Å². The molecule has 0 atom stereocenters. The first-order valence-corrected chi connectivity index (χ1v) is 7.65. The fourth-order valence-corrected chi connectivity index (χ4v) is 2.69. The van der Waals surface area contributed by atoms with E-state index in [0.29, 0.717) is 12.1 Å². The number of aromatic nitrogens is 1. The van der Waals surface area contributed by atoms with Crippen LogP contribution >= 0.6 is 0 Å². The lowest BCUT2D eigenvalue weighted by molar-refractivity contribution is -0.115. The third-order valence-electron chi connectivity index (χ3n) is 3.80. The summed E-state index contributed by atoms with van der Waals surface area (Å²) in [7, 11) is 0. The van der Waals surface area contributed by atoms with E-state index in [1.807, 2.05) is 49.4 Å². The monoisotopic (exact) mass is 306 g/mol. The Bertz CT molecular complexity index is 898. The Morgan fingerprint density at radius 3 is 2.61 bits per heavy atom. The molecule has 0 unspecified atom stereocenters. The first-order valence-electron chi connectivity index (χ1n) is 7.65. The van der Waals surface area contributed by atoms with Crippen LogP contribution in [0, 0.1) is 0 Å². The molecule has 0 fully saturated rings. The van der Waals surface area contributed by atoms with Crippen molar-refractivity contribution >= 4 is 22.5 Å². The zero-order valence-electron chi connectivity index (χ0n) is 12.9. The molecule has 3 rings (SSSR count). The third-order valence-corrected chi connectivity index (χ3v) is 3.80. The minimum absolute atomic E-state index is 0.0791. The number of hydrogen-bond donors (Lipinski definition) is 2. The first kappa shape index (κ1) is 15.0. The van der Waals surface area contributed by atoms with Crippen LogP contribution in [0.5, 0.6) is 0 Å². The zero-order valence-corrected chi connectivity index (χ0v) is 12.9. The summed E-state index contributed by atoms with van der Waals surface area (Å²) in [6.45, 7) is 2.02. The second kappa shape index (κ2) is 6.48. The third kappa shape index (κ3) is 3.48. The number of hydrogen-bond acceptors (Lipinski definition) is 2. The molecule has 0 saturated heterocycles. The van der Waals surface area contributed by atoms with Gasteiger partial charge >= 0.3 is 0 Å². The zero-order chi connectivity index (χ0) is 16.2. The molecule has 1 heterocycles. The Labute approximate surface area is 134 Å². The normalized spacial score (nSPS) is 10.7. The summed E-state index contributed by atoms with van der Waals surface area (Å²) in [4.78, 5) is 26.6. The number of rotatable bonds is 4. The van der Waals surface area contributed by atoms with E-state index in [9.17, 15) is 9.59 Å². The van der Waals surface area contributed by atoms with Gasteiger partial charge in [-0.05, 0) is 29.7 Å². The van der Waals surface area contributed by atoms with E-state index in [2.05, 4.69) is 10.3 Å². The van der Waals surface area contributed by atoms with Crippen molar-refractivity contribution in [2.45, 2.75) is 19.8 Å². The maximum absolute atomic E-state index is 12.1. The average molecular weight is 306 g/mol. The number of aryl methyl sites for hydroxylation is 1. The molecule has 0 aliphatic heterocycles. The number of anilines is 1. The van der Waals surface area contributed by atoms with Crippen molar-refractivity contribution in [2.24, 2.45) is 0 Å².